The lowest BCUT2D eigenvalue weighted by atomic mass is 9.81. The van der Waals surface area contributed by atoms with Gasteiger partial charge in [-0.3, -0.25) is 0 Å². The molecule has 1 fully saturated rings. The maximum atomic E-state index is 10.4. The van der Waals surface area contributed by atoms with E-state index in [9.17, 15) is 5.11 Å². The molecule has 1 aliphatic carbocycles. The third-order valence-electron chi connectivity index (χ3n) is 3.33. The SMILES string of the molecule is C=CC[C@@]1(O)CC[C@H](C(=C)C)[C@@H]1C=C. The lowest BCUT2D eigenvalue weighted by molar-refractivity contribution is 0.0171. The van der Waals surface area contributed by atoms with Crippen LogP contribution in [0.15, 0.2) is 37.5 Å². The maximum Gasteiger partial charge on any atom is 0.0750 e. The molecule has 0 amide bonds. The van der Waals surface area contributed by atoms with Gasteiger partial charge in [0.2, 0.25) is 0 Å². The number of allylic oxidation sites excluding steroid dienone is 1. The van der Waals surface area contributed by atoms with E-state index in [1.165, 1.54) is 0 Å². The second-order valence-corrected chi connectivity index (χ2v) is 4.35. The van der Waals surface area contributed by atoms with E-state index in [2.05, 4.69) is 19.7 Å². The molecule has 1 nitrogen and oxygen atoms in total. The van der Waals surface area contributed by atoms with Gasteiger partial charge in [-0.25, -0.2) is 0 Å². The summed E-state index contributed by atoms with van der Waals surface area (Å²) < 4.78 is 0. The predicted octanol–water partition coefficient (Wildman–Crippen LogP) is 3.08. The largest absolute Gasteiger partial charge is 0.389 e. The number of hydrogen-bond donors (Lipinski definition) is 1. The van der Waals surface area contributed by atoms with Crippen molar-refractivity contribution in [2.45, 2.75) is 31.8 Å². The summed E-state index contributed by atoms with van der Waals surface area (Å²) in [6.07, 6.45) is 6.14. The molecule has 0 saturated heterocycles. The first-order valence-electron chi connectivity index (χ1n) is 5.16. The van der Waals surface area contributed by atoms with E-state index >= 15 is 0 Å². The third-order valence-corrected chi connectivity index (χ3v) is 3.33. The molecule has 0 aromatic carbocycles. The molecule has 3 atom stereocenters. The van der Waals surface area contributed by atoms with Crippen LogP contribution in [0.1, 0.15) is 26.2 Å². The molecule has 0 aliphatic heterocycles. The number of rotatable bonds is 4. The fourth-order valence-electron chi connectivity index (χ4n) is 2.55. The summed E-state index contributed by atoms with van der Waals surface area (Å²) in [6.45, 7) is 13.5. The minimum Gasteiger partial charge on any atom is -0.389 e. The van der Waals surface area contributed by atoms with Gasteiger partial charge in [-0.15, -0.1) is 13.2 Å². The Hall–Kier alpha value is -0.820. The van der Waals surface area contributed by atoms with Crippen molar-refractivity contribution in [3.63, 3.8) is 0 Å². The van der Waals surface area contributed by atoms with Gasteiger partial charge in [0.15, 0.2) is 0 Å². The monoisotopic (exact) mass is 192 g/mol. The second-order valence-electron chi connectivity index (χ2n) is 4.35. The van der Waals surface area contributed by atoms with Crippen LogP contribution in [0, 0.1) is 11.8 Å². The molecule has 0 spiro atoms. The molecule has 14 heavy (non-hydrogen) atoms. The second kappa shape index (κ2) is 4.14. The first-order valence-corrected chi connectivity index (χ1v) is 5.16. The molecule has 0 heterocycles. The lowest BCUT2D eigenvalue weighted by Crippen LogP contribution is -2.33. The van der Waals surface area contributed by atoms with Gasteiger partial charge < -0.3 is 5.11 Å². The van der Waals surface area contributed by atoms with Gasteiger partial charge in [0, 0.05) is 5.92 Å². The summed E-state index contributed by atoms with van der Waals surface area (Å²) in [5.74, 6) is 0.524. The zero-order chi connectivity index (χ0) is 10.8. The minimum atomic E-state index is -0.632. The van der Waals surface area contributed by atoms with Crippen LogP contribution >= 0.6 is 0 Å². The Balaban J connectivity index is 2.87. The molecule has 78 valence electrons. The molecule has 0 bridgehead atoms. The van der Waals surface area contributed by atoms with Gasteiger partial charge in [0.05, 0.1) is 5.60 Å². The Morgan fingerprint density at radius 2 is 2.21 bits per heavy atom. The Labute approximate surface area is 86.8 Å². The molecule has 0 aromatic rings. The molecule has 0 radical (unpaired) electrons. The van der Waals surface area contributed by atoms with Crippen LogP contribution in [-0.4, -0.2) is 10.7 Å². The van der Waals surface area contributed by atoms with Gasteiger partial charge >= 0.3 is 0 Å². The quantitative estimate of drug-likeness (QED) is 0.679. The smallest absolute Gasteiger partial charge is 0.0750 e. The maximum absolute atomic E-state index is 10.4. The Morgan fingerprint density at radius 3 is 2.64 bits per heavy atom. The summed E-state index contributed by atoms with van der Waals surface area (Å²) in [4.78, 5) is 0. The number of aliphatic hydroxyl groups is 1. The average molecular weight is 192 g/mol. The molecule has 0 unspecified atom stereocenters. The zero-order valence-corrected chi connectivity index (χ0v) is 9.00. The summed E-state index contributed by atoms with van der Waals surface area (Å²) in [5, 5.41) is 10.4. The highest BCUT2D eigenvalue weighted by Gasteiger charge is 2.44. The molecule has 1 aliphatic rings. The molecule has 1 N–H and O–H groups in total. The summed E-state index contributed by atoms with van der Waals surface area (Å²) >= 11 is 0. The van der Waals surface area contributed by atoms with E-state index in [-0.39, 0.29) is 5.92 Å². The van der Waals surface area contributed by atoms with Crippen molar-refractivity contribution in [2.75, 3.05) is 0 Å². The van der Waals surface area contributed by atoms with Crippen LogP contribution in [0.25, 0.3) is 0 Å². The van der Waals surface area contributed by atoms with Crippen molar-refractivity contribution in [2.24, 2.45) is 11.8 Å². The molecular formula is C13H20O. The van der Waals surface area contributed by atoms with Gasteiger partial charge in [0.25, 0.3) is 0 Å². The minimum absolute atomic E-state index is 0.137. The van der Waals surface area contributed by atoms with Crippen LogP contribution < -0.4 is 0 Å². The van der Waals surface area contributed by atoms with Crippen molar-refractivity contribution in [1.29, 1.82) is 0 Å². The molecular weight excluding hydrogens is 172 g/mol. The van der Waals surface area contributed by atoms with Crippen molar-refractivity contribution in [3.05, 3.63) is 37.5 Å². The first kappa shape index (κ1) is 11.3. The van der Waals surface area contributed by atoms with Gasteiger partial charge in [0.1, 0.15) is 0 Å². The Bertz CT molecular complexity index is 254. The normalized spacial score (nSPS) is 36.7. The zero-order valence-electron chi connectivity index (χ0n) is 9.00. The highest BCUT2D eigenvalue weighted by molar-refractivity contribution is 5.15. The van der Waals surface area contributed by atoms with Crippen molar-refractivity contribution in [1.82, 2.24) is 0 Å². The fraction of sp³-hybridized carbons (Fsp3) is 0.538. The molecule has 1 heteroatoms. The predicted molar refractivity (Wildman–Crippen MR) is 61.0 cm³/mol. The van der Waals surface area contributed by atoms with E-state index in [0.29, 0.717) is 12.3 Å². The van der Waals surface area contributed by atoms with E-state index in [0.717, 1.165) is 18.4 Å². The Kier molecular flexibility index (Phi) is 3.33. The molecule has 0 aromatic heterocycles. The van der Waals surface area contributed by atoms with Crippen LogP contribution in [-0.2, 0) is 0 Å². The molecule has 1 saturated carbocycles. The van der Waals surface area contributed by atoms with E-state index < -0.39 is 5.60 Å². The van der Waals surface area contributed by atoms with Crippen LogP contribution in [0.4, 0.5) is 0 Å². The average Bonchev–Trinajstić information content (AvgIpc) is 2.43. The first-order chi connectivity index (χ1) is 6.55. The topological polar surface area (TPSA) is 20.2 Å². The van der Waals surface area contributed by atoms with E-state index in [1.807, 2.05) is 13.0 Å². The van der Waals surface area contributed by atoms with Gasteiger partial charge in [-0.2, -0.15) is 0 Å². The summed E-state index contributed by atoms with van der Waals surface area (Å²) in [6, 6.07) is 0. The van der Waals surface area contributed by atoms with Crippen molar-refractivity contribution < 1.29 is 5.11 Å². The Morgan fingerprint density at radius 1 is 1.57 bits per heavy atom. The highest BCUT2D eigenvalue weighted by atomic mass is 16.3. The van der Waals surface area contributed by atoms with Crippen molar-refractivity contribution in [3.8, 4) is 0 Å². The number of hydrogen-bond acceptors (Lipinski definition) is 1. The lowest BCUT2D eigenvalue weighted by Gasteiger charge is -2.29. The third kappa shape index (κ3) is 1.83. The van der Waals surface area contributed by atoms with E-state index in [4.69, 9.17) is 0 Å². The van der Waals surface area contributed by atoms with Gasteiger partial charge in [-0.1, -0.05) is 24.3 Å². The van der Waals surface area contributed by atoms with Crippen LogP contribution in [0.3, 0.4) is 0 Å². The van der Waals surface area contributed by atoms with E-state index in [1.54, 1.807) is 6.08 Å². The summed E-state index contributed by atoms with van der Waals surface area (Å²) in [5.41, 5.74) is 0.516. The standard InChI is InChI=1S/C13H20O/c1-5-8-13(14)9-7-11(10(3)4)12(13)6-2/h5-6,11-12,14H,1-3,7-9H2,4H3/t11-,12+,13-/m1/s1. The molecule has 1 rings (SSSR count). The fourth-order valence-corrected chi connectivity index (χ4v) is 2.55. The van der Waals surface area contributed by atoms with Crippen molar-refractivity contribution >= 4 is 0 Å². The van der Waals surface area contributed by atoms with Gasteiger partial charge in [-0.05, 0) is 32.1 Å². The van der Waals surface area contributed by atoms with Crippen LogP contribution in [0.5, 0.6) is 0 Å². The highest BCUT2D eigenvalue weighted by Crippen LogP contribution is 2.45. The summed E-state index contributed by atoms with van der Waals surface area (Å²) in [7, 11) is 0. The van der Waals surface area contributed by atoms with Crippen LogP contribution in [0.2, 0.25) is 0 Å².